The van der Waals surface area contributed by atoms with E-state index in [1.54, 1.807) is 6.92 Å². The molecule has 0 bridgehead atoms. The van der Waals surface area contributed by atoms with E-state index in [0.717, 1.165) is 18.3 Å². The molecule has 192 valence electrons. The molecule has 0 aromatic carbocycles. The summed E-state index contributed by atoms with van der Waals surface area (Å²) >= 11 is 0. The summed E-state index contributed by atoms with van der Waals surface area (Å²) in [6, 6.07) is 0. The van der Waals surface area contributed by atoms with Crippen LogP contribution in [0.15, 0.2) is 11.6 Å². The molecule has 0 saturated heterocycles. The standard InChI is InChI=1S/C32H52O2/c1-21(33)34-26-13-17-30(7)22(28(26,4)5)11-15-31(8)23-10-14-29(6)19-18-27(2,3)20-25(29)32(23,9)16-12-24(30)31/h10,22,24-26H,11-20H2,1-9H3/t22-,24-,25+,26+,29+,30+,31+,32+/m0/s1. The SMILES string of the molecule is CC(=O)O[C@@H]1CC[C@]2(C)[C@@H](CC[C@]3(C)C4=CC[C@]5(C)CCC(C)(C)C[C@H]5[C@]4(C)CC[C@@H]23)C1(C)C. The van der Waals surface area contributed by atoms with Gasteiger partial charge in [0.05, 0.1) is 0 Å². The Kier molecular flexibility index (Phi) is 5.40. The van der Waals surface area contributed by atoms with Crippen molar-refractivity contribution in [1.82, 2.24) is 0 Å². The van der Waals surface area contributed by atoms with E-state index in [4.69, 9.17) is 4.74 Å². The number of carbonyl (C=O) groups is 1. The van der Waals surface area contributed by atoms with E-state index >= 15 is 0 Å². The Labute approximate surface area is 210 Å². The molecule has 5 aliphatic rings. The van der Waals surface area contributed by atoms with Gasteiger partial charge in [0.15, 0.2) is 0 Å². The van der Waals surface area contributed by atoms with Crippen molar-refractivity contribution in [2.24, 2.45) is 50.2 Å². The first-order chi connectivity index (χ1) is 15.6. The largest absolute Gasteiger partial charge is 0.462 e. The molecule has 8 atom stereocenters. The molecule has 0 amide bonds. The number of rotatable bonds is 1. The molecule has 0 N–H and O–H groups in total. The van der Waals surface area contributed by atoms with Gasteiger partial charge >= 0.3 is 5.97 Å². The quantitative estimate of drug-likeness (QED) is 0.284. The van der Waals surface area contributed by atoms with E-state index in [9.17, 15) is 4.79 Å². The third kappa shape index (κ3) is 3.28. The minimum Gasteiger partial charge on any atom is -0.462 e. The maximum absolute atomic E-state index is 11.9. The molecule has 0 radical (unpaired) electrons. The highest BCUT2D eigenvalue weighted by atomic mass is 16.5. The van der Waals surface area contributed by atoms with Gasteiger partial charge in [-0.3, -0.25) is 4.79 Å². The molecule has 0 aromatic rings. The highest BCUT2D eigenvalue weighted by Crippen LogP contribution is 2.75. The zero-order valence-electron chi connectivity index (χ0n) is 23.8. The fourth-order valence-electron chi connectivity index (χ4n) is 11.2. The predicted octanol–water partition coefficient (Wildman–Crippen LogP) is 8.74. The monoisotopic (exact) mass is 468 g/mol. The molecule has 34 heavy (non-hydrogen) atoms. The molecule has 4 saturated carbocycles. The lowest BCUT2D eigenvalue weighted by molar-refractivity contribution is -0.198. The third-order valence-electron chi connectivity index (χ3n) is 13.0. The Balaban J connectivity index is 1.51. The van der Waals surface area contributed by atoms with Gasteiger partial charge in [-0.2, -0.15) is 0 Å². The second-order valence-corrected chi connectivity index (χ2v) is 15.9. The Bertz CT molecular complexity index is 897. The highest BCUT2D eigenvalue weighted by Gasteiger charge is 2.67. The van der Waals surface area contributed by atoms with Crippen LogP contribution in [0.4, 0.5) is 0 Å². The smallest absolute Gasteiger partial charge is 0.302 e. The molecule has 0 aromatic heterocycles. The van der Waals surface area contributed by atoms with Gasteiger partial charge in [0.2, 0.25) is 0 Å². The van der Waals surface area contributed by atoms with Gasteiger partial charge in [-0.15, -0.1) is 0 Å². The summed E-state index contributed by atoms with van der Waals surface area (Å²) in [7, 11) is 0. The number of carbonyl (C=O) groups excluding carboxylic acids is 1. The van der Waals surface area contributed by atoms with Crippen LogP contribution in [0.25, 0.3) is 0 Å². The molecular weight excluding hydrogens is 416 g/mol. The Morgan fingerprint density at radius 2 is 1.41 bits per heavy atom. The molecule has 0 heterocycles. The lowest BCUT2D eigenvalue weighted by atomic mass is 9.34. The second kappa shape index (κ2) is 7.38. The van der Waals surface area contributed by atoms with Crippen molar-refractivity contribution < 1.29 is 9.53 Å². The van der Waals surface area contributed by atoms with Crippen LogP contribution >= 0.6 is 0 Å². The summed E-state index contributed by atoms with van der Waals surface area (Å²) in [5.41, 5.74) is 3.90. The van der Waals surface area contributed by atoms with Crippen molar-refractivity contribution in [3.63, 3.8) is 0 Å². The van der Waals surface area contributed by atoms with E-state index < -0.39 is 0 Å². The molecule has 5 rings (SSSR count). The zero-order valence-corrected chi connectivity index (χ0v) is 23.8. The lowest BCUT2D eigenvalue weighted by Crippen LogP contribution is -2.63. The van der Waals surface area contributed by atoms with Crippen molar-refractivity contribution in [2.45, 2.75) is 133 Å². The topological polar surface area (TPSA) is 26.3 Å². The summed E-state index contributed by atoms with van der Waals surface area (Å²) in [6.07, 6.45) is 15.9. The summed E-state index contributed by atoms with van der Waals surface area (Å²) in [6.45, 7) is 22.0. The van der Waals surface area contributed by atoms with Crippen LogP contribution in [0.3, 0.4) is 0 Å². The Hall–Kier alpha value is -0.790. The molecule has 2 nitrogen and oxygen atoms in total. The lowest BCUT2D eigenvalue weighted by Gasteiger charge is -2.70. The van der Waals surface area contributed by atoms with Crippen LogP contribution in [-0.2, 0) is 9.53 Å². The molecule has 0 aliphatic heterocycles. The van der Waals surface area contributed by atoms with Crippen LogP contribution in [0, 0.1) is 50.2 Å². The fourth-order valence-corrected chi connectivity index (χ4v) is 11.2. The van der Waals surface area contributed by atoms with Crippen molar-refractivity contribution in [3.05, 3.63) is 11.6 Å². The highest BCUT2D eigenvalue weighted by molar-refractivity contribution is 5.66. The van der Waals surface area contributed by atoms with Crippen molar-refractivity contribution >= 4 is 5.97 Å². The van der Waals surface area contributed by atoms with Crippen molar-refractivity contribution in [3.8, 4) is 0 Å². The third-order valence-corrected chi connectivity index (χ3v) is 13.0. The predicted molar refractivity (Wildman–Crippen MR) is 140 cm³/mol. The Morgan fingerprint density at radius 1 is 0.794 bits per heavy atom. The molecule has 0 unspecified atom stereocenters. The minimum atomic E-state index is -0.110. The minimum absolute atomic E-state index is 0.0493. The van der Waals surface area contributed by atoms with Crippen LogP contribution in [-0.4, -0.2) is 12.1 Å². The summed E-state index contributed by atoms with van der Waals surface area (Å²) in [5.74, 6) is 2.09. The first-order valence-electron chi connectivity index (χ1n) is 14.5. The first-order valence-corrected chi connectivity index (χ1v) is 14.5. The number of ether oxygens (including phenoxy) is 1. The van der Waals surface area contributed by atoms with E-state index in [0.29, 0.717) is 33.0 Å². The molecule has 5 aliphatic carbocycles. The maximum atomic E-state index is 11.9. The molecule has 4 fully saturated rings. The molecular formula is C32H52O2. The Morgan fingerprint density at radius 3 is 2.06 bits per heavy atom. The summed E-state index contributed by atoms with van der Waals surface area (Å²) < 4.78 is 5.90. The van der Waals surface area contributed by atoms with Gasteiger partial charge in [-0.25, -0.2) is 0 Å². The summed E-state index contributed by atoms with van der Waals surface area (Å²) in [4.78, 5) is 11.9. The van der Waals surface area contributed by atoms with Crippen molar-refractivity contribution in [2.75, 3.05) is 0 Å². The number of allylic oxidation sites excluding steroid dienone is 2. The number of fused-ring (bicyclic) bond motifs is 7. The number of esters is 1. The molecule has 2 heteroatoms. The van der Waals surface area contributed by atoms with Crippen LogP contribution in [0.2, 0.25) is 0 Å². The first kappa shape index (κ1) is 24.9. The van der Waals surface area contributed by atoms with Gasteiger partial charge in [0.1, 0.15) is 6.10 Å². The van der Waals surface area contributed by atoms with Crippen molar-refractivity contribution in [1.29, 1.82) is 0 Å². The van der Waals surface area contributed by atoms with Crippen LogP contribution < -0.4 is 0 Å². The van der Waals surface area contributed by atoms with Gasteiger partial charge < -0.3 is 4.74 Å². The maximum Gasteiger partial charge on any atom is 0.302 e. The average Bonchev–Trinajstić information content (AvgIpc) is 2.70. The molecule has 0 spiro atoms. The van der Waals surface area contributed by atoms with Gasteiger partial charge in [-0.1, -0.05) is 67.0 Å². The van der Waals surface area contributed by atoms with E-state index in [-0.39, 0.29) is 17.5 Å². The second-order valence-electron chi connectivity index (χ2n) is 15.9. The van der Waals surface area contributed by atoms with E-state index in [1.165, 1.54) is 57.8 Å². The normalized spacial score (nSPS) is 51.1. The van der Waals surface area contributed by atoms with Crippen LogP contribution in [0.5, 0.6) is 0 Å². The van der Waals surface area contributed by atoms with E-state index in [2.05, 4.69) is 61.5 Å². The fraction of sp³-hybridized carbons (Fsp3) is 0.906. The number of hydrogen-bond acceptors (Lipinski definition) is 2. The average molecular weight is 469 g/mol. The summed E-state index contributed by atoms with van der Waals surface area (Å²) in [5, 5.41) is 0. The number of hydrogen-bond donors (Lipinski definition) is 0. The zero-order chi connectivity index (χ0) is 24.9. The van der Waals surface area contributed by atoms with Gasteiger partial charge in [0.25, 0.3) is 0 Å². The van der Waals surface area contributed by atoms with E-state index in [1.807, 2.05) is 5.57 Å². The van der Waals surface area contributed by atoms with Crippen LogP contribution in [0.1, 0.15) is 127 Å². The van der Waals surface area contributed by atoms with Gasteiger partial charge in [0, 0.05) is 12.3 Å². The van der Waals surface area contributed by atoms with Gasteiger partial charge in [-0.05, 0) is 109 Å².